The standard InChI is InChI=1S/C15H21N3O2/c1-11-7-12(2)17-13(16-11)8-18-9-15(4-3-14(18)19)5-6-20-10-15/h7H,3-6,8-10H2,1-2H3/t15-/m1/s1. The van der Waals surface area contributed by atoms with Gasteiger partial charge in [0.15, 0.2) is 0 Å². The third-order valence-corrected chi connectivity index (χ3v) is 4.29. The number of ether oxygens (including phenoxy) is 1. The topological polar surface area (TPSA) is 55.3 Å². The number of carbonyl (C=O) groups excluding carboxylic acids is 1. The normalized spacial score (nSPS) is 26.5. The SMILES string of the molecule is Cc1cc(C)nc(CN2C[C@]3(CCOC3)CCC2=O)n1. The van der Waals surface area contributed by atoms with E-state index >= 15 is 0 Å². The highest BCUT2D eigenvalue weighted by Gasteiger charge is 2.41. The Morgan fingerprint density at radius 3 is 2.70 bits per heavy atom. The Morgan fingerprint density at radius 1 is 1.30 bits per heavy atom. The van der Waals surface area contributed by atoms with Gasteiger partial charge in [0, 0.05) is 36.4 Å². The van der Waals surface area contributed by atoms with Crippen molar-refractivity contribution < 1.29 is 9.53 Å². The van der Waals surface area contributed by atoms with E-state index in [1.54, 1.807) is 0 Å². The van der Waals surface area contributed by atoms with Gasteiger partial charge in [-0.15, -0.1) is 0 Å². The fourth-order valence-electron chi connectivity index (χ4n) is 3.26. The second kappa shape index (κ2) is 5.13. The van der Waals surface area contributed by atoms with E-state index in [-0.39, 0.29) is 11.3 Å². The summed E-state index contributed by atoms with van der Waals surface area (Å²) in [4.78, 5) is 22.9. The first kappa shape index (κ1) is 13.5. The van der Waals surface area contributed by atoms with Crippen molar-refractivity contribution in [3.63, 3.8) is 0 Å². The van der Waals surface area contributed by atoms with Gasteiger partial charge >= 0.3 is 0 Å². The Bertz CT molecular complexity index is 504. The van der Waals surface area contributed by atoms with Gasteiger partial charge in [-0.05, 0) is 32.8 Å². The van der Waals surface area contributed by atoms with Crippen molar-refractivity contribution in [1.29, 1.82) is 0 Å². The molecule has 1 aromatic rings. The number of likely N-dealkylation sites (tertiary alicyclic amines) is 1. The van der Waals surface area contributed by atoms with Gasteiger partial charge in [0.25, 0.3) is 0 Å². The molecule has 3 rings (SSSR count). The molecule has 0 radical (unpaired) electrons. The average molecular weight is 275 g/mol. The van der Waals surface area contributed by atoms with Crippen molar-refractivity contribution >= 4 is 5.91 Å². The number of hydrogen-bond donors (Lipinski definition) is 0. The maximum absolute atomic E-state index is 12.1. The minimum Gasteiger partial charge on any atom is -0.381 e. The molecule has 108 valence electrons. The molecular formula is C15H21N3O2. The second-order valence-electron chi connectivity index (χ2n) is 6.12. The molecule has 2 aliphatic rings. The summed E-state index contributed by atoms with van der Waals surface area (Å²) in [5.41, 5.74) is 2.08. The number of aromatic nitrogens is 2. The lowest BCUT2D eigenvalue weighted by atomic mass is 9.79. The van der Waals surface area contributed by atoms with Crippen LogP contribution in [0.5, 0.6) is 0 Å². The number of rotatable bonds is 2. The molecule has 3 heterocycles. The average Bonchev–Trinajstić information content (AvgIpc) is 2.81. The molecule has 20 heavy (non-hydrogen) atoms. The molecule has 0 unspecified atom stereocenters. The predicted molar refractivity (Wildman–Crippen MR) is 74.0 cm³/mol. The van der Waals surface area contributed by atoms with Crippen LogP contribution in [0, 0.1) is 19.3 Å². The van der Waals surface area contributed by atoms with Crippen molar-refractivity contribution in [3.8, 4) is 0 Å². The molecule has 0 saturated carbocycles. The van der Waals surface area contributed by atoms with Gasteiger partial charge in [-0.1, -0.05) is 0 Å². The van der Waals surface area contributed by atoms with Crippen LogP contribution in [-0.2, 0) is 16.1 Å². The molecule has 5 nitrogen and oxygen atoms in total. The van der Waals surface area contributed by atoms with E-state index in [1.165, 1.54) is 0 Å². The number of carbonyl (C=O) groups is 1. The lowest BCUT2D eigenvalue weighted by Gasteiger charge is -2.38. The Hall–Kier alpha value is -1.49. The first-order valence-corrected chi connectivity index (χ1v) is 7.23. The zero-order valence-corrected chi connectivity index (χ0v) is 12.2. The summed E-state index contributed by atoms with van der Waals surface area (Å²) in [6.45, 7) is 6.82. The van der Waals surface area contributed by atoms with Crippen molar-refractivity contribution in [2.75, 3.05) is 19.8 Å². The van der Waals surface area contributed by atoms with Gasteiger partial charge in [0.1, 0.15) is 5.82 Å². The van der Waals surface area contributed by atoms with Crippen LogP contribution in [0.1, 0.15) is 36.5 Å². The third-order valence-electron chi connectivity index (χ3n) is 4.29. The highest BCUT2D eigenvalue weighted by molar-refractivity contribution is 5.77. The number of piperidine rings is 1. The molecule has 1 atom stereocenters. The minimum atomic E-state index is 0.173. The van der Waals surface area contributed by atoms with E-state index in [0.29, 0.717) is 13.0 Å². The van der Waals surface area contributed by atoms with Crippen molar-refractivity contribution in [3.05, 3.63) is 23.3 Å². The van der Waals surface area contributed by atoms with Gasteiger partial charge in [-0.3, -0.25) is 4.79 Å². The zero-order chi connectivity index (χ0) is 14.2. The Balaban J connectivity index is 1.76. The molecule has 1 aromatic heterocycles. The molecule has 0 N–H and O–H groups in total. The molecule has 1 amide bonds. The summed E-state index contributed by atoms with van der Waals surface area (Å²) in [6, 6.07) is 1.95. The fraction of sp³-hybridized carbons (Fsp3) is 0.667. The summed E-state index contributed by atoms with van der Waals surface area (Å²) < 4.78 is 5.54. The molecule has 0 aliphatic carbocycles. The Labute approximate surface area is 119 Å². The van der Waals surface area contributed by atoms with E-state index in [2.05, 4.69) is 9.97 Å². The van der Waals surface area contributed by atoms with Crippen LogP contribution >= 0.6 is 0 Å². The Kier molecular flexibility index (Phi) is 3.46. The van der Waals surface area contributed by atoms with Crippen molar-refractivity contribution in [1.82, 2.24) is 14.9 Å². The molecule has 0 bridgehead atoms. The third kappa shape index (κ3) is 2.68. The van der Waals surface area contributed by atoms with E-state index in [0.717, 1.165) is 49.8 Å². The Morgan fingerprint density at radius 2 is 2.05 bits per heavy atom. The van der Waals surface area contributed by atoms with E-state index in [4.69, 9.17) is 4.74 Å². The number of aryl methyl sites for hydroxylation is 2. The van der Waals surface area contributed by atoms with Gasteiger partial charge in [-0.2, -0.15) is 0 Å². The fourth-order valence-corrected chi connectivity index (χ4v) is 3.26. The van der Waals surface area contributed by atoms with Crippen LogP contribution in [0.3, 0.4) is 0 Å². The first-order chi connectivity index (χ1) is 9.56. The summed E-state index contributed by atoms with van der Waals surface area (Å²) in [5.74, 6) is 0.956. The second-order valence-corrected chi connectivity index (χ2v) is 6.12. The first-order valence-electron chi connectivity index (χ1n) is 7.23. The van der Waals surface area contributed by atoms with Crippen molar-refractivity contribution in [2.45, 2.75) is 39.7 Å². The van der Waals surface area contributed by atoms with Gasteiger partial charge < -0.3 is 9.64 Å². The molecule has 2 saturated heterocycles. The smallest absolute Gasteiger partial charge is 0.223 e. The zero-order valence-electron chi connectivity index (χ0n) is 12.2. The largest absolute Gasteiger partial charge is 0.381 e. The molecule has 0 aromatic carbocycles. The van der Waals surface area contributed by atoms with Gasteiger partial charge in [0.2, 0.25) is 5.91 Å². The van der Waals surface area contributed by atoms with Crippen LogP contribution in [0.15, 0.2) is 6.07 Å². The summed E-state index contributed by atoms with van der Waals surface area (Å²) in [7, 11) is 0. The lowest BCUT2D eigenvalue weighted by Crippen LogP contribution is -2.46. The van der Waals surface area contributed by atoms with Crippen LogP contribution in [0.4, 0.5) is 0 Å². The molecular weight excluding hydrogens is 254 g/mol. The number of nitrogens with zero attached hydrogens (tertiary/aromatic N) is 3. The van der Waals surface area contributed by atoms with Crippen LogP contribution in [0.25, 0.3) is 0 Å². The number of amides is 1. The van der Waals surface area contributed by atoms with Crippen molar-refractivity contribution in [2.24, 2.45) is 5.41 Å². The van der Waals surface area contributed by atoms with Gasteiger partial charge in [0.05, 0.1) is 13.2 Å². The van der Waals surface area contributed by atoms with Crippen LogP contribution in [-0.4, -0.2) is 40.5 Å². The molecule has 5 heteroatoms. The maximum atomic E-state index is 12.1. The number of hydrogen-bond acceptors (Lipinski definition) is 4. The summed E-state index contributed by atoms with van der Waals surface area (Å²) in [6.07, 6.45) is 2.63. The maximum Gasteiger partial charge on any atom is 0.223 e. The highest BCUT2D eigenvalue weighted by Crippen LogP contribution is 2.38. The van der Waals surface area contributed by atoms with Crippen LogP contribution < -0.4 is 0 Å². The minimum absolute atomic E-state index is 0.173. The lowest BCUT2D eigenvalue weighted by molar-refractivity contribution is -0.138. The van der Waals surface area contributed by atoms with E-state index in [1.807, 2.05) is 24.8 Å². The monoisotopic (exact) mass is 275 g/mol. The molecule has 2 fully saturated rings. The molecule has 2 aliphatic heterocycles. The van der Waals surface area contributed by atoms with E-state index < -0.39 is 0 Å². The quantitative estimate of drug-likeness (QED) is 0.823. The summed E-state index contributed by atoms with van der Waals surface area (Å²) in [5, 5.41) is 0. The van der Waals surface area contributed by atoms with Gasteiger partial charge in [-0.25, -0.2) is 9.97 Å². The van der Waals surface area contributed by atoms with Crippen LogP contribution in [0.2, 0.25) is 0 Å². The predicted octanol–water partition coefficient (Wildman–Crippen LogP) is 1.62. The van der Waals surface area contributed by atoms with E-state index in [9.17, 15) is 4.79 Å². The highest BCUT2D eigenvalue weighted by atomic mass is 16.5. The molecule has 1 spiro atoms. The summed E-state index contributed by atoms with van der Waals surface area (Å²) >= 11 is 0.